The summed E-state index contributed by atoms with van der Waals surface area (Å²) < 4.78 is 33.7. The van der Waals surface area contributed by atoms with Gasteiger partial charge in [-0.25, -0.2) is 13.6 Å². The van der Waals surface area contributed by atoms with Crippen LogP contribution in [0.25, 0.3) is 0 Å². The summed E-state index contributed by atoms with van der Waals surface area (Å²) in [7, 11) is -2.43. The maximum Gasteiger partial charge on any atom is 0.338 e. The highest BCUT2D eigenvalue weighted by Gasteiger charge is 2.47. The zero-order chi connectivity index (χ0) is 17.2. The average molecular weight is 330 g/mol. The summed E-state index contributed by atoms with van der Waals surface area (Å²) in [5, 5.41) is 9.00. The van der Waals surface area contributed by atoms with Crippen LogP contribution in [0.5, 0.6) is 5.75 Å². The van der Waals surface area contributed by atoms with Crippen molar-refractivity contribution < 1.29 is 23.1 Å². The van der Waals surface area contributed by atoms with Gasteiger partial charge in [0.1, 0.15) is 11.6 Å². The summed E-state index contributed by atoms with van der Waals surface area (Å²) >= 11 is 0. The van der Waals surface area contributed by atoms with Crippen molar-refractivity contribution in [2.24, 2.45) is 0 Å². The Morgan fingerprint density at radius 1 is 1.00 bits per heavy atom. The molecule has 1 N–H and O–H groups in total. The van der Waals surface area contributed by atoms with Gasteiger partial charge in [0.15, 0.2) is 5.82 Å². The molecule has 0 aromatic heterocycles. The number of rotatable bonds is 6. The van der Waals surface area contributed by atoms with E-state index in [0.29, 0.717) is 6.07 Å². The first-order valence-corrected chi connectivity index (χ1v) is 9.59. The van der Waals surface area contributed by atoms with Crippen molar-refractivity contribution in [2.75, 3.05) is 0 Å². The van der Waals surface area contributed by atoms with E-state index in [1.165, 1.54) is 0 Å². The zero-order valence-corrected chi connectivity index (χ0v) is 14.9. The average Bonchev–Trinajstić information content (AvgIpc) is 2.35. The maximum atomic E-state index is 14.1. The number of hydrogen-bond donors (Lipinski definition) is 1. The summed E-state index contributed by atoms with van der Waals surface area (Å²) in [6.45, 7) is 12.2. The van der Waals surface area contributed by atoms with Crippen molar-refractivity contribution in [1.82, 2.24) is 0 Å². The van der Waals surface area contributed by atoms with Gasteiger partial charge in [0.2, 0.25) is 0 Å². The second kappa shape index (κ2) is 6.77. The highest BCUT2D eigenvalue weighted by molar-refractivity contribution is 6.78. The van der Waals surface area contributed by atoms with E-state index in [9.17, 15) is 13.6 Å². The van der Waals surface area contributed by atoms with Crippen molar-refractivity contribution in [2.45, 2.75) is 58.2 Å². The van der Waals surface area contributed by atoms with Crippen LogP contribution in [-0.2, 0) is 0 Å². The molecule has 3 nitrogen and oxygen atoms in total. The predicted molar refractivity (Wildman–Crippen MR) is 85.0 cm³/mol. The minimum Gasteiger partial charge on any atom is -0.541 e. The Kier molecular flexibility index (Phi) is 5.73. The second-order valence-corrected chi connectivity index (χ2v) is 11.9. The van der Waals surface area contributed by atoms with Crippen molar-refractivity contribution >= 4 is 14.3 Å². The third-order valence-corrected chi connectivity index (χ3v) is 10.2. The molecule has 0 saturated carbocycles. The predicted octanol–water partition coefficient (Wildman–Crippen LogP) is 5.22. The first-order chi connectivity index (χ1) is 10.0. The molecular formula is C16H24F2O3Si. The summed E-state index contributed by atoms with van der Waals surface area (Å²) in [5.74, 6) is -3.56. The molecule has 0 aliphatic heterocycles. The van der Waals surface area contributed by atoms with Crippen LogP contribution in [0.3, 0.4) is 0 Å². The number of carbonyl (C=O) groups is 1. The van der Waals surface area contributed by atoms with Gasteiger partial charge in [-0.2, -0.15) is 0 Å². The molecule has 0 heterocycles. The fourth-order valence-corrected chi connectivity index (χ4v) is 8.56. The normalized spacial score (nSPS) is 12.3. The first-order valence-electron chi connectivity index (χ1n) is 7.45. The van der Waals surface area contributed by atoms with E-state index < -0.39 is 31.5 Å². The topological polar surface area (TPSA) is 46.5 Å². The zero-order valence-electron chi connectivity index (χ0n) is 13.9. The van der Waals surface area contributed by atoms with Crippen LogP contribution in [0.2, 0.25) is 16.6 Å². The maximum absolute atomic E-state index is 14.1. The lowest BCUT2D eigenvalue weighted by atomic mass is 10.2. The molecule has 124 valence electrons. The molecule has 0 aliphatic rings. The summed E-state index contributed by atoms with van der Waals surface area (Å²) in [4.78, 5) is 11.0. The molecule has 0 radical (unpaired) electrons. The molecule has 0 amide bonds. The van der Waals surface area contributed by atoms with Gasteiger partial charge in [0.25, 0.3) is 8.32 Å². The largest absolute Gasteiger partial charge is 0.541 e. The van der Waals surface area contributed by atoms with E-state index in [4.69, 9.17) is 9.53 Å². The van der Waals surface area contributed by atoms with Gasteiger partial charge in [-0.05, 0) is 22.7 Å². The molecule has 0 unspecified atom stereocenters. The van der Waals surface area contributed by atoms with Crippen LogP contribution >= 0.6 is 0 Å². The van der Waals surface area contributed by atoms with E-state index in [0.717, 1.165) is 6.07 Å². The number of hydrogen-bond acceptors (Lipinski definition) is 2. The molecule has 1 aromatic rings. The van der Waals surface area contributed by atoms with Gasteiger partial charge in [0.05, 0.1) is 5.56 Å². The Morgan fingerprint density at radius 3 is 1.82 bits per heavy atom. The number of aromatic carboxylic acids is 1. The Balaban J connectivity index is 3.42. The van der Waals surface area contributed by atoms with Crippen LogP contribution in [0.4, 0.5) is 8.78 Å². The van der Waals surface area contributed by atoms with Crippen molar-refractivity contribution in [3.63, 3.8) is 0 Å². The lowest BCUT2D eigenvalue weighted by molar-refractivity contribution is 0.0691. The SMILES string of the molecule is CC(C)[Si](Oc1cc(C(=O)O)c(F)cc1F)(C(C)C)C(C)C. The standard InChI is InChI=1S/C16H24F2O3Si/c1-9(2)22(10(3)4,11(5)6)21-15-7-12(16(19)20)13(17)8-14(15)18/h7-11H,1-6H3,(H,19,20). The summed E-state index contributed by atoms with van der Waals surface area (Å²) in [6, 6.07) is 1.54. The summed E-state index contributed by atoms with van der Waals surface area (Å²) in [5.41, 5.74) is 0.0243. The Labute approximate surface area is 131 Å². The highest BCUT2D eigenvalue weighted by atomic mass is 28.4. The van der Waals surface area contributed by atoms with Crippen LogP contribution in [0, 0.1) is 11.6 Å². The number of carboxylic acids is 1. The molecule has 0 spiro atoms. The van der Waals surface area contributed by atoms with Gasteiger partial charge in [-0.3, -0.25) is 0 Å². The van der Waals surface area contributed by atoms with Crippen molar-refractivity contribution in [1.29, 1.82) is 0 Å². The van der Waals surface area contributed by atoms with E-state index in [1.807, 2.05) is 41.5 Å². The Bertz CT molecular complexity index is 535. The van der Waals surface area contributed by atoms with Crippen LogP contribution in [0.15, 0.2) is 12.1 Å². The fourth-order valence-electron chi connectivity index (χ4n) is 3.32. The van der Waals surface area contributed by atoms with Gasteiger partial charge >= 0.3 is 5.97 Å². The second-order valence-electron chi connectivity index (χ2n) is 6.49. The van der Waals surface area contributed by atoms with Gasteiger partial charge in [-0.15, -0.1) is 0 Å². The quantitative estimate of drug-likeness (QED) is 0.728. The van der Waals surface area contributed by atoms with E-state index in [1.54, 1.807) is 0 Å². The van der Waals surface area contributed by atoms with Gasteiger partial charge < -0.3 is 9.53 Å². The minimum absolute atomic E-state index is 0.165. The van der Waals surface area contributed by atoms with Gasteiger partial charge in [-0.1, -0.05) is 41.5 Å². The lowest BCUT2D eigenvalue weighted by Crippen LogP contribution is -2.50. The molecule has 0 bridgehead atoms. The first kappa shape index (κ1) is 18.6. The molecule has 1 rings (SSSR count). The van der Waals surface area contributed by atoms with Crippen LogP contribution in [0.1, 0.15) is 51.9 Å². The van der Waals surface area contributed by atoms with Crippen LogP contribution in [-0.4, -0.2) is 19.4 Å². The smallest absolute Gasteiger partial charge is 0.338 e. The molecular weight excluding hydrogens is 306 g/mol. The Hall–Kier alpha value is -1.43. The fraction of sp³-hybridized carbons (Fsp3) is 0.562. The van der Waals surface area contributed by atoms with Crippen molar-refractivity contribution in [3.8, 4) is 5.75 Å². The molecule has 0 saturated heterocycles. The monoisotopic (exact) mass is 330 g/mol. The van der Waals surface area contributed by atoms with Gasteiger partial charge in [0, 0.05) is 6.07 Å². The van der Waals surface area contributed by atoms with Crippen LogP contribution < -0.4 is 4.43 Å². The summed E-state index contributed by atoms with van der Waals surface area (Å²) in [6.07, 6.45) is 0. The minimum atomic E-state index is -2.43. The lowest BCUT2D eigenvalue weighted by Gasteiger charge is -2.42. The van der Waals surface area contributed by atoms with E-state index in [-0.39, 0.29) is 22.4 Å². The molecule has 0 aliphatic carbocycles. The molecule has 22 heavy (non-hydrogen) atoms. The third kappa shape index (κ3) is 3.32. The molecule has 6 heteroatoms. The molecule has 0 fully saturated rings. The number of carboxylic acid groups (broad SMARTS) is 1. The molecule has 0 atom stereocenters. The molecule has 1 aromatic carbocycles. The third-order valence-electron chi connectivity index (χ3n) is 4.25. The highest BCUT2D eigenvalue weighted by Crippen LogP contribution is 2.43. The number of benzene rings is 1. The van der Waals surface area contributed by atoms with E-state index >= 15 is 0 Å². The van der Waals surface area contributed by atoms with Crippen molar-refractivity contribution in [3.05, 3.63) is 29.3 Å². The Morgan fingerprint density at radius 2 is 1.45 bits per heavy atom. The number of halogens is 2. The van der Waals surface area contributed by atoms with E-state index in [2.05, 4.69) is 0 Å².